The second kappa shape index (κ2) is 6.55. The lowest BCUT2D eigenvalue weighted by Crippen LogP contribution is -2.52. The summed E-state index contributed by atoms with van der Waals surface area (Å²) in [6.07, 6.45) is 7.69. The Morgan fingerprint density at radius 1 is 1.26 bits per heavy atom. The standard InChI is InChI=1S/C16H32N2O/c1-13(2)15(12-18(3)4)17-14-7-10-19-16(11-14)8-5-6-9-16/h13-15,17H,5-12H2,1-4H3. The molecule has 2 unspecified atom stereocenters. The smallest absolute Gasteiger partial charge is 0.0697 e. The number of hydrogen-bond donors (Lipinski definition) is 1. The van der Waals surface area contributed by atoms with Crippen LogP contribution in [0.5, 0.6) is 0 Å². The Morgan fingerprint density at radius 3 is 2.53 bits per heavy atom. The third-order valence-electron chi connectivity index (χ3n) is 4.82. The normalized spacial score (nSPS) is 28.4. The maximum absolute atomic E-state index is 6.13. The van der Waals surface area contributed by atoms with Crippen LogP contribution in [0.1, 0.15) is 52.4 Å². The van der Waals surface area contributed by atoms with Crippen LogP contribution in [0.15, 0.2) is 0 Å². The van der Waals surface area contributed by atoms with Gasteiger partial charge in [0, 0.05) is 25.2 Å². The summed E-state index contributed by atoms with van der Waals surface area (Å²) >= 11 is 0. The van der Waals surface area contributed by atoms with Crippen molar-refractivity contribution in [3.63, 3.8) is 0 Å². The molecule has 1 saturated carbocycles. The summed E-state index contributed by atoms with van der Waals surface area (Å²) in [4.78, 5) is 2.29. The van der Waals surface area contributed by atoms with Gasteiger partial charge in [-0.1, -0.05) is 26.7 Å². The molecule has 3 heteroatoms. The van der Waals surface area contributed by atoms with E-state index in [1.165, 1.54) is 38.5 Å². The third-order valence-corrected chi connectivity index (χ3v) is 4.82. The zero-order valence-electron chi connectivity index (χ0n) is 13.2. The van der Waals surface area contributed by atoms with Gasteiger partial charge in [0.15, 0.2) is 0 Å². The fourth-order valence-corrected chi connectivity index (χ4v) is 3.69. The van der Waals surface area contributed by atoms with Gasteiger partial charge in [0.05, 0.1) is 5.60 Å². The van der Waals surface area contributed by atoms with Gasteiger partial charge in [-0.05, 0) is 45.7 Å². The van der Waals surface area contributed by atoms with Gasteiger partial charge < -0.3 is 15.0 Å². The average molecular weight is 268 g/mol. The van der Waals surface area contributed by atoms with Crippen LogP contribution in [0.4, 0.5) is 0 Å². The van der Waals surface area contributed by atoms with E-state index in [1.54, 1.807) is 0 Å². The van der Waals surface area contributed by atoms with Gasteiger partial charge in [0.25, 0.3) is 0 Å². The van der Waals surface area contributed by atoms with Gasteiger partial charge in [-0.15, -0.1) is 0 Å². The van der Waals surface area contributed by atoms with Crippen LogP contribution in [0.2, 0.25) is 0 Å². The Morgan fingerprint density at radius 2 is 1.95 bits per heavy atom. The summed E-state index contributed by atoms with van der Waals surface area (Å²) in [7, 11) is 4.33. The molecule has 2 rings (SSSR count). The van der Waals surface area contributed by atoms with Crippen molar-refractivity contribution < 1.29 is 4.74 Å². The van der Waals surface area contributed by atoms with E-state index >= 15 is 0 Å². The predicted octanol–water partition coefficient (Wildman–Crippen LogP) is 2.65. The predicted molar refractivity (Wildman–Crippen MR) is 80.5 cm³/mol. The Hall–Kier alpha value is -0.120. The van der Waals surface area contributed by atoms with Crippen molar-refractivity contribution in [1.82, 2.24) is 10.2 Å². The minimum Gasteiger partial charge on any atom is -0.375 e. The van der Waals surface area contributed by atoms with E-state index in [0.29, 0.717) is 18.0 Å². The summed E-state index contributed by atoms with van der Waals surface area (Å²) in [6.45, 7) is 6.73. The number of likely N-dealkylation sites (N-methyl/N-ethyl adjacent to an activating group) is 1. The zero-order chi connectivity index (χ0) is 13.9. The topological polar surface area (TPSA) is 24.5 Å². The van der Waals surface area contributed by atoms with Crippen LogP contribution in [-0.2, 0) is 4.74 Å². The molecule has 1 spiro atoms. The molecule has 112 valence electrons. The van der Waals surface area contributed by atoms with Crippen LogP contribution < -0.4 is 5.32 Å². The highest BCUT2D eigenvalue weighted by Crippen LogP contribution is 2.40. The molecule has 1 aliphatic heterocycles. The molecule has 0 aromatic rings. The Balaban J connectivity index is 1.89. The van der Waals surface area contributed by atoms with Gasteiger partial charge >= 0.3 is 0 Å². The number of nitrogens with zero attached hydrogens (tertiary/aromatic N) is 1. The number of nitrogens with one attached hydrogen (secondary N) is 1. The molecule has 0 radical (unpaired) electrons. The summed E-state index contributed by atoms with van der Waals surface area (Å²) in [6, 6.07) is 1.25. The molecule has 1 saturated heterocycles. The van der Waals surface area contributed by atoms with Crippen molar-refractivity contribution in [1.29, 1.82) is 0 Å². The first-order chi connectivity index (χ1) is 9.01. The van der Waals surface area contributed by atoms with Crippen LogP contribution >= 0.6 is 0 Å². The first-order valence-electron chi connectivity index (χ1n) is 8.05. The first-order valence-corrected chi connectivity index (χ1v) is 8.05. The molecular weight excluding hydrogens is 236 g/mol. The molecule has 1 aliphatic carbocycles. The summed E-state index contributed by atoms with van der Waals surface area (Å²) in [5.74, 6) is 0.685. The van der Waals surface area contributed by atoms with Crippen LogP contribution in [0, 0.1) is 5.92 Å². The van der Waals surface area contributed by atoms with Gasteiger partial charge in [-0.3, -0.25) is 0 Å². The molecule has 19 heavy (non-hydrogen) atoms. The van der Waals surface area contributed by atoms with Gasteiger partial charge in [-0.25, -0.2) is 0 Å². The molecule has 0 bridgehead atoms. The van der Waals surface area contributed by atoms with Crippen molar-refractivity contribution >= 4 is 0 Å². The van der Waals surface area contributed by atoms with Crippen molar-refractivity contribution in [2.24, 2.45) is 5.92 Å². The monoisotopic (exact) mass is 268 g/mol. The van der Waals surface area contributed by atoms with E-state index in [0.717, 1.165) is 13.2 Å². The van der Waals surface area contributed by atoms with E-state index in [9.17, 15) is 0 Å². The second-order valence-electron chi connectivity index (χ2n) is 7.21. The average Bonchev–Trinajstić information content (AvgIpc) is 2.76. The lowest BCUT2D eigenvalue weighted by Gasteiger charge is -2.41. The molecule has 0 aromatic carbocycles. The minimum absolute atomic E-state index is 0.232. The van der Waals surface area contributed by atoms with Crippen molar-refractivity contribution in [3.8, 4) is 0 Å². The number of rotatable bonds is 5. The van der Waals surface area contributed by atoms with E-state index in [1.807, 2.05) is 0 Å². The fourth-order valence-electron chi connectivity index (χ4n) is 3.69. The molecule has 3 nitrogen and oxygen atoms in total. The molecular formula is C16H32N2O. The second-order valence-corrected chi connectivity index (χ2v) is 7.21. The maximum atomic E-state index is 6.13. The molecule has 1 N–H and O–H groups in total. The molecule has 1 heterocycles. The number of hydrogen-bond acceptors (Lipinski definition) is 3. The van der Waals surface area contributed by atoms with Crippen molar-refractivity contribution in [2.75, 3.05) is 27.2 Å². The first kappa shape index (κ1) is 15.3. The highest BCUT2D eigenvalue weighted by Gasteiger charge is 2.40. The lowest BCUT2D eigenvalue weighted by molar-refractivity contribution is -0.0854. The molecule has 2 aliphatic rings. The zero-order valence-corrected chi connectivity index (χ0v) is 13.2. The molecule has 0 amide bonds. The summed E-state index contributed by atoms with van der Waals surface area (Å²) in [5.41, 5.74) is 0.232. The van der Waals surface area contributed by atoms with E-state index in [4.69, 9.17) is 4.74 Å². The third kappa shape index (κ3) is 4.17. The van der Waals surface area contributed by atoms with Crippen molar-refractivity contribution in [2.45, 2.75) is 70.1 Å². The highest BCUT2D eigenvalue weighted by molar-refractivity contribution is 4.94. The Bertz CT molecular complexity index is 272. The molecule has 2 fully saturated rings. The molecule has 2 atom stereocenters. The van der Waals surface area contributed by atoms with Crippen LogP contribution in [-0.4, -0.2) is 49.8 Å². The van der Waals surface area contributed by atoms with Crippen molar-refractivity contribution in [3.05, 3.63) is 0 Å². The van der Waals surface area contributed by atoms with E-state index < -0.39 is 0 Å². The van der Waals surface area contributed by atoms with Gasteiger partial charge in [0.1, 0.15) is 0 Å². The van der Waals surface area contributed by atoms with Crippen LogP contribution in [0.3, 0.4) is 0 Å². The SMILES string of the molecule is CC(C)C(CN(C)C)NC1CCOC2(CCCC2)C1. The van der Waals surface area contributed by atoms with E-state index in [2.05, 4.69) is 38.2 Å². The maximum Gasteiger partial charge on any atom is 0.0697 e. The quantitative estimate of drug-likeness (QED) is 0.829. The lowest BCUT2D eigenvalue weighted by atomic mass is 9.88. The van der Waals surface area contributed by atoms with Crippen LogP contribution in [0.25, 0.3) is 0 Å². The highest BCUT2D eigenvalue weighted by atomic mass is 16.5. The van der Waals surface area contributed by atoms with Gasteiger partial charge in [0.2, 0.25) is 0 Å². The summed E-state index contributed by atoms with van der Waals surface area (Å²) in [5, 5.41) is 3.92. The van der Waals surface area contributed by atoms with Gasteiger partial charge in [-0.2, -0.15) is 0 Å². The fraction of sp³-hybridized carbons (Fsp3) is 1.00. The van der Waals surface area contributed by atoms with E-state index in [-0.39, 0.29) is 5.60 Å². The molecule has 0 aromatic heterocycles. The largest absolute Gasteiger partial charge is 0.375 e. The minimum atomic E-state index is 0.232. The Kier molecular flexibility index (Phi) is 5.27. The summed E-state index contributed by atoms with van der Waals surface area (Å²) < 4.78 is 6.13. The number of ether oxygens (including phenoxy) is 1. The Labute approximate surface area is 119 Å².